The van der Waals surface area contributed by atoms with E-state index in [-0.39, 0.29) is 0 Å². The summed E-state index contributed by atoms with van der Waals surface area (Å²) in [6, 6.07) is 0. The second kappa shape index (κ2) is 4.60. The van der Waals surface area contributed by atoms with Crippen LogP contribution in [0, 0.1) is 0 Å². The molecule has 0 saturated carbocycles. The molecule has 2 rings (SSSR count). The van der Waals surface area contributed by atoms with E-state index in [0.29, 0.717) is 15.0 Å². The van der Waals surface area contributed by atoms with Gasteiger partial charge in [-0.3, -0.25) is 0 Å². The van der Waals surface area contributed by atoms with Crippen LogP contribution in [0.1, 0.15) is 0 Å². The molecule has 1 atom stereocenters. The Labute approximate surface area is 92.7 Å². The van der Waals surface area contributed by atoms with Crippen molar-refractivity contribution in [3.63, 3.8) is 0 Å². The Morgan fingerprint density at radius 3 is 3.31 bits per heavy atom. The zero-order valence-electron chi connectivity index (χ0n) is 7.27. The topological polar surface area (TPSA) is 19.7 Å². The Bertz CT molecular complexity index is 303. The molecule has 0 aromatic carbocycles. The molecule has 1 unspecified atom stereocenters. The van der Waals surface area contributed by atoms with Gasteiger partial charge in [0.15, 0.2) is 0 Å². The molecular formula is C8H11N2S2Se+. The Hall–Kier alpha value is 0.169. The molecule has 1 aromatic heterocycles. The Morgan fingerprint density at radius 1 is 1.77 bits per heavy atom. The molecule has 0 amide bonds. The molecule has 1 aromatic rings. The van der Waals surface area contributed by atoms with Crippen molar-refractivity contribution in [3.8, 4) is 0 Å². The number of hydrogen-bond donors (Lipinski definition) is 1. The fraction of sp³-hybridized carbons (Fsp3) is 0.375. The van der Waals surface area contributed by atoms with Crippen LogP contribution in [0.3, 0.4) is 0 Å². The van der Waals surface area contributed by atoms with Gasteiger partial charge in [0.2, 0.25) is 0 Å². The monoisotopic (exact) mass is 279 g/mol. The van der Waals surface area contributed by atoms with Gasteiger partial charge in [0, 0.05) is 0 Å². The molecule has 0 radical (unpaired) electrons. The number of nitrogens with one attached hydrogen (secondary N) is 1. The first-order chi connectivity index (χ1) is 6.36. The minimum atomic E-state index is 0.711. The zero-order chi connectivity index (χ0) is 9.10. The van der Waals surface area contributed by atoms with Crippen molar-refractivity contribution in [2.45, 2.75) is 9.30 Å². The van der Waals surface area contributed by atoms with Crippen molar-refractivity contribution < 1.29 is 4.57 Å². The van der Waals surface area contributed by atoms with Crippen LogP contribution in [0.5, 0.6) is 0 Å². The zero-order valence-corrected chi connectivity index (χ0v) is 10.6. The van der Waals surface area contributed by atoms with Crippen molar-refractivity contribution in [1.29, 1.82) is 0 Å². The molecule has 1 aliphatic rings. The molecule has 0 bridgehead atoms. The van der Waals surface area contributed by atoms with E-state index >= 15 is 0 Å². The summed E-state index contributed by atoms with van der Waals surface area (Å²) in [4.78, 5) is 5.55. The predicted molar refractivity (Wildman–Crippen MR) is 59.0 cm³/mol. The van der Waals surface area contributed by atoms with Crippen LogP contribution in [0.4, 0.5) is 0 Å². The first kappa shape index (κ1) is 9.71. The molecule has 0 spiro atoms. The van der Waals surface area contributed by atoms with Gasteiger partial charge < -0.3 is 0 Å². The fourth-order valence-corrected chi connectivity index (χ4v) is 5.94. The maximum absolute atomic E-state index is 3.23. The third-order valence-corrected chi connectivity index (χ3v) is 7.60. The number of thioether (sulfide) groups is 2. The van der Waals surface area contributed by atoms with E-state index in [1.807, 2.05) is 35.9 Å². The molecule has 13 heavy (non-hydrogen) atoms. The van der Waals surface area contributed by atoms with Gasteiger partial charge in [0.05, 0.1) is 0 Å². The van der Waals surface area contributed by atoms with Crippen LogP contribution in [0.25, 0.3) is 0 Å². The third kappa shape index (κ3) is 2.56. The van der Waals surface area contributed by atoms with E-state index < -0.39 is 0 Å². The van der Waals surface area contributed by atoms with Crippen molar-refractivity contribution in [3.05, 3.63) is 22.8 Å². The van der Waals surface area contributed by atoms with Crippen LogP contribution in [0.15, 0.2) is 27.9 Å². The van der Waals surface area contributed by atoms with Gasteiger partial charge in [-0.2, -0.15) is 0 Å². The summed E-state index contributed by atoms with van der Waals surface area (Å²) in [7, 11) is 2.07. The summed E-state index contributed by atoms with van der Waals surface area (Å²) in [5, 5.41) is 3.49. The fourth-order valence-electron chi connectivity index (χ4n) is 1.03. The van der Waals surface area contributed by atoms with Crippen molar-refractivity contribution in [1.82, 2.24) is 4.98 Å². The average Bonchev–Trinajstić information content (AvgIpc) is 2.72. The minimum absolute atomic E-state index is 0.711. The van der Waals surface area contributed by atoms with E-state index in [2.05, 4.69) is 27.0 Å². The van der Waals surface area contributed by atoms with Gasteiger partial charge in [0.1, 0.15) is 0 Å². The first-order valence-corrected chi connectivity index (χ1v) is 7.88. The van der Waals surface area contributed by atoms with Crippen molar-refractivity contribution in [2.24, 2.45) is 7.05 Å². The molecular weight excluding hydrogens is 267 g/mol. The standard InChI is InChI=1S/C8H10N2S2Se/c1-10-3-2-9-8(10)12-6-7-11-4-5-13-7/h2-5,7H,6H2,1H3/p+1. The van der Waals surface area contributed by atoms with E-state index in [4.69, 9.17) is 0 Å². The maximum atomic E-state index is 3.23. The molecule has 70 valence electrons. The summed E-state index contributed by atoms with van der Waals surface area (Å²) in [5.74, 6) is 1.21. The van der Waals surface area contributed by atoms with Gasteiger partial charge in [0.25, 0.3) is 0 Å². The molecule has 0 saturated heterocycles. The summed E-state index contributed by atoms with van der Waals surface area (Å²) in [5.41, 5.74) is 0. The first-order valence-electron chi connectivity index (χ1n) is 3.98. The number of aromatic amines is 1. The Balaban J connectivity index is 1.82. The number of rotatable bonds is 3. The number of H-pyrrole nitrogens is 1. The van der Waals surface area contributed by atoms with Gasteiger partial charge in [-0.05, 0) is 0 Å². The summed E-state index contributed by atoms with van der Waals surface area (Å²) in [6.45, 7) is 0. The van der Waals surface area contributed by atoms with Gasteiger partial charge in [-0.1, -0.05) is 0 Å². The molecule has 1 aliphatic heterocycles. The van der Waals surface area contributed by atoms with Crippen LogP contribution >= 0.6 is 23.5 Å². The van der Waals surface area contributed by atoms with Crippen LogP contribution in [-0.2, 0) is 7.05 Å². The van der Waals surface area contributed by atoms with Crippen molar-refractivity contribution >= 4 is 38.5 Å². The molecule has 2 heterocycles. The van der Waals surface area contributed by atoms with Crippen LogP contribution < -0.4 is 4.57 Å². The van der Waals surface area contributed by atoms with Gasteiger partial charge >= 0.3 is 92.9 Å². The molecule has 2 nitrogen and oxygen atoms in total. The van der Waals surface area contributed by atoms with Crippen molar-refractivity contribution in [2.75, 3.05) is 5.75 Å². The number of aryl methyl sites for hydroxylation is 1. The average molecular weight is 278 g/mol. The predicted octanol–water partition coefficient (Wildman–Crippen LogP) is 1.18. The van der Waals surface area contributed by atoms with Gasteiger partial charge in [-0.15, -0.1) is 0 Å². The molecule has 0 aliphatic carbocycles. The van der Waals surface area contributed by atoms with E-state index in [1.54, 1.807) is 0 Å². The Morgan fingerprint density at radius 2 is 2.69 bits per heavy atom. The summed E-state index contributed by atoms with van der Waals surface area (Å²) >= 11 is 4.60. The number of hydrogen-bond acceptors (Lipinski definition) is 2. The molecule has 1 N–H and O–H groups in total. The Kier molecular flexibility index (Phi) is 3.44. The summed E-state index contributed by atoms with van der Waals surface area (Å²) < 4.78 is 2.96. The molecule has 5 heteroatoms. The van der Waals surface area contributed by atoms with Crippen LogP contribution in [-0.4, -0.2) is 29.8 Å². The van der Waals surface area contributed by atoms with Gasteiger partial charge in [-0.25, -0.2) is 0 Å². The SMILES string of the molecule is C[n+]1cc[nH]c1SCC1SC=C[Se]1. The summed E-state index contributed by atoms with van der Waals surface area (Å²) in [6.07, 6.45) is 4.03. The number of nitrogens with zero attached hydrogens (tertiary/aromatic N) is 1. The molecule has 0 fully saturated rings. The quantitative estimate of drug-likeness (QED) is 0.509. The number of aromatic nitrogens is 2. The van der Waals surface area contributed by atoms with E-state index in [9.17, 15) is 0 Å². The number of imidazole rings is 1. The second-order valence-corrected chi connectivity index (χ2v) is 7.79. The normalized spacial score (nSPS) is 21.2. The van der Waals surface area contributed by atoms with Crippen LogP contribution in [0.2, 0.25) is 0 Å². The third-order valence-electron chi connectivity index (χ3n) is 1.70. The van der Waals surface area contributed by atoms with E-state index in [0.717, 1.165) is 4.15 Å². The van der Waals surface area contributed by atoms with E-state index in [1.165, 1.54) is 10.9 Å². The second-order valence-electron chi connectivity index (χ2n) is 2.66.